The number of carbonyl (C=O) groups is 1. The van der Waals surface area contributed by atoms with Crippen LogP contribution in [0.15, 0.2) is 53.6 Å². The normalized spacial score (nSPS) is 21.8. The van der Waals surface area contributed by atoms with Crippen LogP contribution in [0.25, 0.3) is 0 Å². The predicted molar refractivity (Wildman–Crippen MR) is 93.0 cm³/mol. The highest BCUT2D eigenvalue weighted by Crippen LogP contribution is 2.43. The van der Waals surface area contributed by atoms with E-state index >= 15 is 0 Å². The van der Waals surface area contributed by atoms with Gasteiger partial charge in [0.15, 0.2) is 0 Å². The SMILES string of the molecule is COc1ccc([C@H]2[C@H]3CCc4ccccc4C3=NN2C(C)=O)cc1. The molecule has 4 rings (SSSR count). The molecule has 4 heteroatoms. The first-order chi connectivity index (χ1) is 11.7. The van der Waals surface area contributed by atoms with E-state index in [0.717, 1.165) is 29.9 Å². The summed E-state index contributed by atoms with van der Waals surface area (Å²) in [6, 6.07) is 16.3. The Labute approximate surface area is 141 Å². The molecule has 1 aliphatic heterocycles. The largest absolute Gasteiger partial charge is 0.497 e. The lowest BCUT2D eigenvalue weighted by atomic mass is 9.77. The zero-order valence-electron chi connectivity index (χ0n) is 13.9. The Hall–Kier alpha value is -2.62. The van der Waals surface area contributed by atoms with Crippen molar-refractivity contribution in [1.29, 1.82) is 0 Å². The quantitative estimate of drug-likeness (QED) is 0.849. The number of nitrogens with zero attached hydrogens (tertiary/aromatic N) is 2. The second-order valence-electron chi connectivity index (χ2n) is 6.37. The van der Waals surface area contributed by atoms with Gasteiger partial charge in [0.2, 0.25) is 5.91 Å². The van der Waals surface area contributed by atoms with Gasteiger partial charge in [0.05, 0.1) is 18.9 Å². The minimum Gasteiger partial charge on any atom is -0.497 e. The molecule has 2 atom stereocenters. The number of fused-ring (bicyclic) bond motifs is 3. The lowest BCUT2D eigenvalue weighted by Crippen LogP contribution is -2.30. The van der Waals surface area contributed by atoms with Gasteiger partial charge in [-0.15, -0.1) is 0 Å². The second-order valence-corrected chi connectivity index (χ2v) is 6.37. The van der Waals surface area contributed by atoms with Crippen molar-refractivity contribution in [3.05, 3.63) is 65.2 Å². The minimum atomic E-state index is -0.0308. The minimum absolute atomic E-state index is 0.0183. The van der Waals surface area contributed by atoms with E-state index in [-0.39, 0.29) is 17.9 Å². The number of rotatable bonds is 2. The molecule has 2 aliphatic rings. The third-order valence-electron chi connectivity index (χ3n) is 5.01. The fraction of sp³-hybridized carbons (Fsp3) is 0.300. The van der Waals surface area contributed by atoms with Crippen LogP contribution in [0.4, 0.5) is 0 Å². The molecule has 122 valence electrons. The van der Waals surface area contributed by atoms with E-state index < -0.39 is 0 Å². The van der Waals surface area contributed by atoms with Crippen LogP contribution in [-0.4, -0.2) is 23.7 Å². The van der Waals surface area contributed by atoms with E-state index in [1.54, 1.807) is 19.0 Å². The highest BCUT2D eigenvalue weighted by molar-refractivity contribution is 6.06. The zero-order chi connectivity index (χ0) is 16.7. The predicted octanol–water partition coefficient (Wildman–Crippen LogP) is 3.57. The van der Waals surface area contributed by atoms with Gasteiger partial charge in [-0.05, 0) is 36.1 Å². The summed E-state index contributed by atoms with van der Waals surface area (Å²) in [4.78, 5) is 12.2. The van der Waals surface area contributed by atoms with Crippen LogP contribution in [0.5, 0.6) is 5.75 Å². The standard InChI is InChI=1S/C20H20N2O2/c1-13(23)22-20(15-7-10-16(24-2)11-8-15)18-12-9-14-5-3-4-6-17(14)19(18)21-22/h3-8,10-11,18,20H,9,12H2,1-2H3/t18-,20-/m0/s1. The molecule has 2 aromatic rings. The summed E-state index contributed by atoms with van der Waals surface area (Å²) in [7, 11) is 1.66. The van der Waals surface area contributed by atoms with Crippen molar-refractivity contribution in [2.75, 3.05) is 7.11 Å². The van der Waals surface area contributed by atoms with Crippen molar-refractivity contribution < 1.29 is 9.53 Å². The van der Waals surface area contributed by atoms with E-state index in [1.165, 1.54) is 11.1 Å². The van der Waals surface area contributed by atoms with Gasteiger partial charge in [0.1, 0.15) is 5.75 Å². The van der Waals surface area contributed by atoms with Crippen molar-refractivity contribution in [3.8, 4) is 5.75 Å². The van der Waals surface area contributed by atoms with Crippen molar-refractivity contribution in [1.82, 2.24) is 5.01 Å². The number of hydrogen-bond donors (Lipinski definition) is 0. The smallest absolute Gasteiger partial charge is 0.240 e. The Morgan fingerprint density at radius 2 is 1.92 bits per heavy atom. The molecule has 2 aromatic carbocycles. The number of methoxy groups -OCH3 is 1. The summed E-state index contributed by atoms with van der Waals surface area (Å²) in [5, 5.41) is 6.38. The number of ether oxygens (including phenoxy) is 1. The number of aryl methyl sites for hydroxylation is 1. The summed E-state index contributed by atoms with van der Waals surface area (Å²) in [6.45, 7) is 1.59. The topological polar surface area (TPSA) is 41.9 Å². The lowest BCUT2D eigenvalue weighted by molar-refractivity contribution is -0.131. The Balaban J connectivity index is 1.77. The number of hydrazone groups is 1. The molecule has 0 bridgehead atoms. The van der Waals surface area contributed by atoms with E-state index in [4.69, 9.17) is 9.84 Å². The third-order valence-corrected chi connectivity index (χ3v) is 5.01. The van der Waals surface area contributed by atoms with Crippen LogP contribution in [0.2, 0.25) is 0 Å². The van der Waals surface area contributed by atoms with E-state index in [1.807, 2.05) is 30.3 Å². The number of benzene rings is 2. The van der Waals surface area contributed by atoms with Gasteiger partial charge in [0.25, 0.3) is 0 Å². The number of carbonyl (C=O) groups excluding carboxylic acids is 1. The Kier molecular flexibility index (Phi) is 3.60. The molecule has 0 radical (unpaired) electrons. The first kappa shape index (κ1) is 14.9. The Bertz CT molecular complexity index is 811. The van der Waals surface area contributed by atoms with Crippen LogP contribution >= 0.6 is 0 Å². The van der Waals surface area contributed by atoms with E-state index in [2.05, 4.69) is 18.2 Å². The fourth-order valence-corrected chi connectivity index (χ4v) is 3.86. The van der Waals surface area contributed by atoms with E-state index in [9.17, 15) is 4.79 Å². The highest BCUT2D eigenvalue weighted by Gasteiger charge is 2.42. The lowest BCUT2D eigenvalue weighted by Gasteiger charge is -2.29. The van der Waals surface area contributed by atoms with Crippen LogP contribution < -0.4 is 4.74 Å². The zero-order valence-corrected chi connectivity index (χ0v) is 13.9. The molecule has 0 aromatic heterocycles. The molecule has 24 heavy (non-hydrogen) atoms. The molecular formula is C20H20N2O2. The van der Waals surface area contributed by atoms with Crippen molar-refractivity contribution >= 4 is 11.6 Å². The fourth-order valence-electron chi connectivity index (χ4n) is 3.86. The first-order valence-corrected chi connectivity index (χ1v) is 8.29. The summed E-state index contributed by atoms with van der Waals surface area (Å²) >= 11 is 0. The van der Waals surface area contributed by atoms with Gasteiger partial charge in [-0.1, -0.05) is 36.4 Å². The van der Waals surface area contributed by atoms with Gasteiger partial charge in [-0.25, -0.2) is 5.01 Å². The molecule has 1 heterocycles. The molecule has 1 aliphatic carbocycles. The molecule has 0 N–H and O–H groups in total. The molecule has 0 unspecified atom stereocenters. The van der Waals surface area contributed by atoms with Gasteiger partial charge >= 0.3 is 0 Å². The molecule has 0 saturated heterocycles. The summed E-state index contributed by atoms with van der Waals surface area (Å²) < 4.78 is 5.25. The molecular weight excluding hydrogens is 300 g/mol. The summed E-state index contributed by atoms with van der Waals surface area (Å²) in [5.41, 5.74) is 4.67. The number of hydrogen-bond acceptors (Lipinski definition) is 3. The monoisotopic (exact) mass is 320 g/mol. The maximum absolute atomic E-state index is 12.2. The van der Waals surface area contributed by atoms with Gasteiger partial charge in [0, 0.05) is 18.4 Å². The van der Waals surface area contributed by atoms with E-state index in [0.29, 0.717) is 0 Å². The summed E-state index contributed by atoms with van der Waals surface area (Å²) in [5.74, 6) is 1.05. The second kappa shape index (κ2) is 5.78. The average molecular weight is 320 g/mol. The molecule has 4 nitrogen and oxygen atoms in total. The van der Waals surface area contributed by atoms with Crippen LogP contribution in [0.3, 0.4) is 0 Å². The molecule has 0 fully saturated rings. The molecule has 0 saturated carbocycles. The van der Waals surface area contributed by atoms with Crippen LogP contribution in [-0.2, 0) is 11.2 Å². The van der Waals surface area contributed by atoms with Gasteiger partial charge in [-0.2, -0.15) is 5.10 Å². The first-order valence-electron chi connectivity index (χ1n) is 8.29. The molecule has 0 spiro atoms. The maximum Gasteiger partial charge on any atom is 0.240 e. The van der Waals surface area contributed by atoms with Gasteiger partial charge < -0.3 is 4.74 Å². The van der Waals surface area contributed by atoms with Crippen LogP contribution in [0.1, 0.15) is 36.1 Å². The highest BCUT2D eigenvalue weighted by atomic mass is 16.5. The maximum atomic E-state index is 12.2. The molecule has 1 amide bonds. The number of amides is 1. The summed E-state index contributed by atoms with van der Waals surface area (Å²) in [6.07, 6.45) is 2.04. The third kappa shape index (κ3) is 2.30. The Morgan fingerprint density at radius 1 is 1.17 bits per heavy atom. The van der Waals surface area contributed by atoms with Crippen molar-refractivity contribution in [2.24, 2.45) is 11.0 Å². The Morgan fingerprint density at radius 3 is 2.62 bits per heavy atom. The van der Waals surface area contributed by atoms with Crippen molar-refractivity contribution in [2.45, 2.75) is 25.8 Å². The average Bonchev–Trinajstić information content (AvgIpc) is 3.02. The van der Waals surface area contributed by atoms with Crippen molar-refractivity contribution in [3.63, 3.8) is 0 Å². The van der Waals surface area contributed by atoms with Gasteiger partial charge in [-0.3, -0.25) is 4.79 Å². The van der Waals surface area contributed by atoms with Crippen LogP contribution in [0, 0.1) is 5.92 Å².